The average Bonchev–Trinajstić information content (AvgIpc) is 4.06. The molecule has 0 saturated carbocycles. The van der Waals surface area contributed by atoms with E-state index in [1.54, 1.807) is 0 Å². The molecule has 2 spiro atoms. The van der Waals surface area contributed by atoms with Crippen LogP contribution in [0.1, 0.15) is 44.5 Å². The van der Waals surface area contributed by atoms with E-state index in [0.29, 0.717) is 0 Å². The third-order valence-electron chi connectivity index (χ3n) is 14.9. The van der Waals surface area contributed by atoms with Crippen LogP contribution in [0.25, 0.3) is 80.7 Å². The number of benzene rings is 10. The summed E-state index contributed by atoms with van der Waals surface area (Å²) in [6.45, 7) is 0. The van der Waals surface area contributed by atoms with Crippen molar-refractivity contribution in [2.75, 3.05) is 0 Å². The molecule has 0 aliphatic heterocycles. The highest BCUT2D eigenvalue weighted by Gasteiger charge is 2.59. The second kappa shape index (κ2) is 11.6. The zero-order valence-corrected chi connectivity index (χ0v) is 34.4. The fraction of sp³-hybridized carbons (Fsp3) is 0.0333. The Labute approximate surface area is 362 Å². The molecular weight excluding hydrogens is 767 g/mol. The fourth-order valence-electron chi connectivity index (χ4n) is 12.7. The molecule has 62 heavy (non-hydrogen) atoms. The van der Waals surface area contributed by atoms with Crippen LogP contribution in [0.5, 0.6) is 0 Å². The van der Waals surface area contributed by atoms with E-state index >= 15 is 0 Å². The number of thiophene rings is 1. The third-order valence-corrected chi connectivity index (χ3v) is 16.0. The maximum absolute atomic E-state index is 2.54. The zero-order chi connectivity index (χ0) is 40.3. The molecule has 2 heteroatoms. The van der Waals surface area contributed by atoms with Crippen molar-refractivity contribution in [3.63, 3.8) is 0 Å². The molecule has 15 rings (SSSR count). The lowest BCUT2D eigenvalue weighted by molar-refractivity contribution is 0.633. The Morgan fingerprint density at radius 1 is 0.323 bits per heavy atom. The number of hydrogen-bond donors (Lipinski definition) is 0. The normalized spacial score (nSPS) is 14.7. The van der Waals surface area contributed by atoms with Gasteiger partial charge in [0.05, 0.1) is 21.9 Å². The molecule has 2 aromatic heterocycles. The Morgan fingerprint density at radius 2 is 0.806 bits per heavy atom. The molecule has 10 aromatic carbocycles. The minimum Gasteiger partial charge on any atom is -0.309 e. The first kappa shape index (κ1) is 33.2. The lowest BCUT2D eigenvalue weighted by atomic mass is 9.52. The van der Waals surface area contributed by atoms with Crippen LogP contribution >= 0.6 is 11.3 Å². The summed E-state index contributed by atoms with van der Waals surface area (Å²) in [4.78, 5) is 0. The molecule has 0 unspecified atom stereocenters. The summed E-state index contributed by atoms with van der Waals surface area (Å²) in [5.74, 6) is 0. The maximum atomic E-state index is 2.54. The van der Waals surface area contributed by atoms with Gasteiger partial charge >= 0.3 is 0 Å². The van der Waals surface area contributed by atoms with Gasteiger partial charge in [0.1, 0.15) is 0 Å². The monoisotopic (exact) mass is 801 g/mol. The lowest BCUT2D eigenvalue weighted by Gasteiger charge is -2.48. The average molecular weight is 802 g/mol. The molecule has 0 bridgehead atoms. The molecule has 0 amide bonds. The lowest BCUT2D eigenvalue weighted by Crippen LogP contribution is -2.43. The topological polar surface area (TPSA) is 4.93 Å². The second-order valence-electron chi connectivity index (χ2n) is 17.4. The molecule has 0 atom stereocenters. The van der Waals surface area contributed by atoms with Gasteiger partial charge in [-0.1, -0.05) is 176 Å². The van der Waals surface area contributed by atoms with Gasteiger partial charge in [-0.05, 0) is 114 Å². The Bertz CT molecular complexity index is 3860. The summed E-state index contributed by atoms with van der Waals surface area (Å²) in [5, 5.41) is 7.79. The van der Waals surface area contributed by atoms with Gasteiger partial charge < -0.3 is 4.57 Å². The molecule has 2 heterocycles. The van der Waals surface area contributed by atoms with E-state index in [4.69, 9.17) is 0 Å². The molecule has 0 fully saturated rings. The zero-order valence-electron chi connectivity index (χ0n) is 33.6. The van der Waals surface area contributed by atoms with Crippen molar-refractivity contribution in [2.45, 2.75) is 10.8 Å². The summed E-state index contributed by atoms with van der Waals surface area (Å²) in [6.07, 6.45) is 0. The van der Waals surface area contributed by atoms with Crippen LogP contribution in [-0.4, -0.2) is 4.57 Å². The molecule has 0 N–H and O–H groups in total. The standard InChI is InChI=1S/C60H35NS/c1-2-16-38-36(15-1)29-32-52-57(38)58-53(61(52)37-30-34-55-43(35-37)41-19-6-14-28-54(41)62-55)33-31-51-56(58)42-20-5-9-23-46(42)60(51)49-26-12-10-24-47(49)59(48-25-11-13-27-50(48)60)44-21-7-3-17-39(44)40-18-4-8-22-45(40)59/h1-35H. The van der Waals surface area contributed by atoms with Crippen LogP contribution in [0.3, 0.4) is 0 Å². The van der Waals surface area contributed by atoms with Crippen LogP contribution in [0.4, 0.5) is 0 Å². The summed E-state index contributed by atoms with van der Waals surface area (Å²) in [5.41, 5.74) is 18.8. The smallest absolute Gasteiger partial charge is 0.0720 e. The first-order chi connectivity index (χ1) is 30.8. The van der Waals surface area contributed by atoms with Crippen molar-refractivity contribution in [3.05, 3.63) is 257 Å². The molecule has 12 aromatic rings. The van der Waals surface area contributed by atoms with Gasteiger partial charge in [0.25, 0.3) is 0 Å². The number of fused-ring (bicyclic) bond motifs is 25. The van der Waals surface area contributed by atoms with E-state index in [1.807, 2.05) is 11.3 Å². The SMILES string of the molecule is c1ccc2c(c1)-c1ccccc1C21c2ccccc2C2(c3ccccc3-c3c2ccc2c3c3c4ccccc4ccc3n2-c2ccc3sc4ccccc4c3c2)c2ccccc21. The van der Waals surface area contributed by atoms with Gasteiger partial charge in [-0.3, -0.25) is 0 Å². The molecular formula is C60H35NS. The van der Waals surface area contributed by atoms with Crippen molar-refractivity contribution in [2.24, 2.45) is 0 Å². The van der Waals surface area contributed by atoms with Crippen molar-refractivity contribution in [1.82, 2.24) is 4.57 Å². The van der Waals surface area contributed by atoms with Crippen molar-refractivity contribution < 1.29 is 0 Å². The first-order valence-corrected chi connectivity index (χ1v) is 22.5. The van der Waals surface area contributed by atoms with Gasteiger partial charge in [0.2, 0.25) is 0 Å². The van der Waals surface area contributed by atoms with E-state index < -0.39 is 10.8 Å². The van der Waals surface area contributed by atoms with Crippen LogP contribution < -0.4 is 0 Å². The molecule has 3 aliphatic rings. The molecule has 0 radical (unpaired) electrons. The number of aromatic nitrogens is 1. The summed E-state index contributed by atoms with van der Waals surface area (Å²) in [7, 11) is 0. The minimum absolute atomic E-state index is 0.468. The molecule has 0 saturated heterocycles. The van der Waals surface area contributed by atoms with Gasteiger partial charge in [0.15, 0.2) is 0 Å². The van der Waals surface area contributed by atoms with Crippen LogP contribution in [0, 0.1) is 0 Å². The quantitative estimate of drug-likeness (QED) is 0.156. The van der Waals surface area contributed by atoms with Gasteiger partial charge in [-0.25, -0.2) is 0 Å². The number of rotatable bonds is 1. The highest BCUT2D eigenvalue weighted by atomic mass is 32.1. The van der Waals surface area contributed by atoms with E-state index in [-0.39, 0.29) is 0 Å². The minimum atomic E-state index is -0.557. The van der Waals surface area contributed by atoms with E-state index in [0.717, 1.165) is 0 Å². The largest absolute Gasteiger partial charge is 0.309 e. The Balaban J connectivity index is 1.11. The van der Waals surface area contributed by atoms with Crippen LogP contribution in [0.2, 0.25) is 0 Å². The van der Waals surface area contributed by atoms with Crippen LogP contribution in [-0.2, 0) is 10.8 Å². The molecule has 3 aliphatic carbocycles. The van der Waals surface area contributed by atoms with E-state index in [1.165, 1.54) is 125 Å². The van der Waals surface area contributed by atoms with Crippen molar-refractivity contribution in [3.8, 4) is 27.9 Å². The number of hydrogen-bond acceptors (Lipinski definition) is 1. The van der Waals surface area contributed by atoms with Gasteiger partial charge in [-0.15, -0.1) is 11.3 Å². The Kier molecular flexibility index (Phi) is 6.24. The van der Waals surface area contributed by atoms with E-state index in [2.05, 4.69) is 217 Å². The molecule has 286 valence electrons. The highest BCUT2D eigenvalue weighted by molar-refractivity contribution is 7.25. The summed E-state index contributed by atoms with van der Waals surface area (Å²) in [6, 6.07) is 81.0. The Hall–Kier alpha value is -7.52. The maximum Gasteiger partial charge on any atom is 0.0720 e. The number of nitrogens with zero attached hydrogens (tertiary/aromatic N) is 1. The predicted molar refractivity (Wildman–Crippen MR) is 259 cm³/mol. The fourth-order valence-corrected chi connectivity index (χ4v) is 13.8. The van der Waals surface area contributed by atoms with Gasteiger partial charge in [0, 0.05) is 36.6 Å². The molecule has 1 nitrogen and oxygen atoms in total. The second-order valence-corrected chi connectivity index (χ2v) is 18.5. The van der Waals surface area contributed by atoms with Crippen molar-refractivity contribution in [1.29, 1.82) is 0 Å². The van der Waals surface area contributed by atoms with Crippen molar-refractivity contribution >= 4 is 64.1 Å². The first-order valence-electron chi connectivity index (χ1n) is 21.7. The predicted octanol–water partition coefficient (Wildman–Crippen LogP) is 15.3. The van der Waals surface area contributed by atoms with E-state index in [9.17, 15) is 0 Å². The summed E-state index contributed by atoms with van der Waals surface area (Å²) < 4.78 is 5.19. The highest BCUT2D eigenvalue weighted by Crippen LogP contribution is 2.68. The third kappa shape index (κ3) is 3.75. The van der Waals surface area contributed by atoms with Crippen LogP contribution in [0.15, 0.2) is 212 Å². The summed E-state index contributed by atoms with van der Waals surface area (Å²) >= 11 is 1.88. The van der Waals surface area contributed by atoms with Gasteiger partial charge in [-0.2, -0.15) is 0 Å². The Morgan fingerprint density at radius 3 is 1.48 bits per heavy atom.